The largest absolute Gasteiger partial charge is 0.481 e. The number of carbonyl (C=O) groups is 1. The van der Waals surface area contributed by atoms with Gasteiger partial charge in [-0.05, 0) is 37.0 Å². The van der Waals surface area contributed by atoms with Crippen molar-refractivity contribution < 1.29 is 18.3 Å². The molecule has 0 unspecified atom stereocenters. The van der Waals surface area contributed by atoms with Gasteiger partial charge in [-0.3, -0.25) is 9.52 Å². The van der Waals surface area contributed by atoms with Crippen molar-refractivity contribution in [1.82, 2.24) is 0 Å². The van der Waals surface area contributed by atoms with E-state index in [0.29, 0.717) is 24.9 Å². The number of carboxylic acids is 1. The van der Waals surface area contributed by atoms with Gasteiger partial charge < -0.3 is 5.11 Å². The maximum absolute atomic E-state index is 11.6. The minimum Gasteiger partial charge on any atom is -0.481 e. The zero-order valence-corrected chi connectivity index (χ0v) is 11.5. The molecule has 1 aliphatic carbocycles. The molecule has 5 nitrogen and oxygen atoms in total. The Kier molecular flexibility index (Phi) is 3.54. The maximum atomic E-state index is 11.6. The van der Waals surface area contributed by atoms with Gasteiger partial charge in [-0.25, -0.2) is 8.42 Å². The Morgan fingerprint density at radius 1 is 1.32 bits per heavy atom. The molecule has 1 aromatic rings. The van der Waals surface area contributed by atoms with E-state index in [4.69, 9.17) is 0 Å². The van der Waals surface area contributed by atoms with E-state index in [1.54, 1.807) is 31.2 Å². The van der Waals surface area contributed by atoms with Crippen LogP contribution in [0.15, 0.2) is 24.3 Å². The summed E-state index contributed by atoms with van der Waals surface area (Å²) in [6.07, 6.45) is 1.84. The average molecular weight is 283 g/mol. The van der Waals surface area contributed by atoms with Crippen LogP contribution in [0.25, 0.3) is 0 Å². The highest BCUT2D eigenvalue weighted by atomic mass is 32.2. The molecule has 0 radical (unpaired) electrons. The van der Waals surface area contributed by atoms with Gasteiger partial charge in [0.15, 0.2) is 0 Å². The van der Waals surface area contributed by atoms with Crippen LogP contribution in [0.3, 0.4) is 0 Å². The molecule has 104 valence electrons. The molecule has 19 heavy (non-hydrogen) atoms. The molecule has 0 heterocycles. The first-order chi connectivity index (χ1) is 8.89. The molecule has 2 rings (SSSR count). The van der Waals surface area contributed by atoms with E-state index in [1.807, 2.05) is 0 Å². The van der Waals surface area contributed by atoms with Crippen LogP contribution in [0.1, 0.15) is 31.7 Å². The van der Waals surface area contributed by atoms with Crippen molar-refractivity contribution in [2.75, 3.05) is 10.5 Å². The number of hydrogen-bond acceptors (Lipinski definition) is 3. The normalized spacial score (nSPS) is 16.9. The summed E-state index contributed by atoms with van der Waals surface area (Å²) in [5.74, 6) is -0.736. The second kappa shape index (κ2) is 4.85. The molecule has 0 aromatic heterocycles. The summed E-state index contributed by atoms with van der Waals surface area (Å²) in [7, 11) is -3.30. The predicted molar refractivity (Wildman–Crippen MR) is 72.7 cm³/mol. The summed E-state index contributed by atoms with van der Waals surface area (Å²) in [4.78, 5) is 11.2. The third-order valence-corrected chi connectivity index (χ3v) is 4.84. The van der Waals surface area contributed by atoms with Crippen molar-refractivity contribution in [2.45, 2.75) is 31.6 Å². The van der Waals surface area contributed by atoms with Crippen molar-refractivity contribution in [3.8, 4) is 0 Å². The SMILES string of the molecule is CCCS(=O)(=O)Nc1ccc(C2(C(=O)O)CC2)cc1. The lowest BCUT2D eigenvalue weighted by molar-refractivity contribution is -0.140. The third kappa shape index (κ3) is 2.89. The molecular weight excluding hydrogens is 266 g/mol. The number of anilines is 1. The number of hydrogen-bond donors (Lipinski definition) is 2. The van der Waals surface area contributed by atoms with Crippen LogP contribution in [-0.4, -0.2) is 25.2 Å². The van der Waals surface area contributed by atoms with E-state index >= 15 is 0 Å². The van der Waals surface area contributed by atoms with E-state index in [9.17, 15) is 18.3 Å². The molecule has 0 bridgehead atoms. The number of sulfonamides is 1. The molecule has 0 aliphatic heterocycles. The number of aliphatic carboxylic acids is 1. The molecular formula is C13H17NO4S. The first-order valence-electron chi connectivity index (χ1n) is 6.24. The number of benzene rings is 1. The summed E-state index contributed by atoms with van der Waals surface area (Å²) in [5, 5.41) is 9.17. The molecule has 2 N–H and O–H groups in total. The fraction of sp³-hybridized carbons (Fsp3) is 0.462. The third-order valence-electron chi connectivity index (χ3n) is 3.34. The van der Waals surface area contributed by atoms with Crippen LogP contribution in [0.5, 0.6) is 0 Å². The molecule has 1 aromatic carbocycles. The van der Waals surface area contributed by atoms with Gasteiger partial charge in [-0.1, -0.05) is 19.1 Å². The fourth-order valence-corrected chi connectivity index (χ4v) is 3.24. The van der Waals surface area contributed by atoms with Crippen molar-refractivity contribution in [3.05, 3.63) is 29.8 Å². The zero-order chi connectivity index (χ0) is 14.1. The minimum absolute atomic E-state index is 0.0772. The van der Waals surface area contributed by atoms with E-state index in [1.165, 1.54) is 0 Å². The van der Waals surface area contributed by atoms with Crippen LogP contribution in [0.2, 0.25) is 0 Å². The predicted octanol–water partition coefficient (Wildman–Crippen LogP) is 1.95. The maximum Gasteiger partial charge on any atom is 0.314 e. The topological polar surface area (TPSA) is 83.5 Å². The van der Waals surface area contributed by atoms with Gasteiger partial charge >= 0.3 is 5.97 Å². The Hall–Kier alpha value is -1.56. The van der Waals surface area contributed by atoms with Gasteiger partial charge in [-0.2, -0.15) is 0 Å². The Labute approximate surface area is 112 Å². The Morgan fingerprint density at radius 2 is 1.89 bits per heavy atom. The smallest absolute Gasteiger partial charge is 0.314 e. The van der Waals surface area contributed by atoms with Crippen molar-refractivity contribution in [1.29, 1.82) is 0 Å². The lowest BCUT2D eigenvalue weighted by atomic mass is 9.96. The van der Waals surface area contributed by atoms with Crippen molar-refractivity contribution >= 4 is 21.7 Å². The summed E-state index contributed by atoms with van der Waals surface area (Å²) in [6.45, 7) is 1.80. The van der Waals surface area contributed by atoms with Crippen LogP contribution < -0.4 is 4.72 Å². The second-order valence-corrected chi connectivity index (χ2v) is 6.73. The highest BCUT2D eigenvalue weighted by Crippen LogP contribution is 2.48. The van der Waals surface area contributed by atoms with Crippen LogP contribution in [0.4, 0.5) is 5.69 Å². The van der Waals surface area contributed by atoms with E-state index in [-0.39, 0.29) is 5.75 Å². The first kappa shape index (κ1) is 13.9. The molecule has 1 fully saturated rings. The van der Waals surface area contributed by atoms with Gasteiger partial charge in [0.25, 0.3) is 0 Å². The molecule has 6 heteroatoms. The van der Waals surface area contributed by atoms with Crippen LogP contribution in [-0.2, 0) is 20.2 Å². The fourth-order valence-electron chi connectivity index (χ4n) is 2.11. The number of rotatable bonds is 6. The molecule has 1 saturated carbocycles. The summed E-state index contributed by atoms with van der Waals surface area (Å²) in [6, 6.07) is 6.60. The zero-order valence-electron chi connectivity index (χ0n) is 10.7. The van der Waals surface area contributed by atoms with E-state index < -0.39 is 21.4 Å². The lowest BCUT2D eigenvalue weighted by Gasteiger charge is -2.12. The van der Waals surface area contributed by atoms with E-state index in [2.05, 4.69) is 4.72 Å². The summed E-state index contributed by atoms with van der Waals surface area (Å²) < 4.78 is 25.7. The summed E-state index contributed by atoms with van der Waals surface area (Å²) in [5.41, 5.74) is 0.456. The monoisotopic (exact) mass is 283 g/mol. The van der Waals surface area contributed by atoms with Crippen LogP contribution >= 0.6 is 0 Å². The molecule has 0 saturated heterocycles. The molecule has 0 spiro atoms. The first-order valence-corrected chi connectivity index (χ1v) is 7.89. The van der Waals surface area contributed by atoms with Gasteiger partial charge in [0.05, 0.1) is 11.2 Å². The highest BCUT2D eigenvalue weighted by molar-refractivity contribution is 7.92. The standard InChI is InChI=1S/C13H17NO4S/c1-2-9-19(17,18)14-11-5-3-10(4-6-11)13(7-8-13)12(15)16/h3-6,14H,2,7-9H2,1H3,(H,15,16). The Morgan fingerprint density at radius 3 is 2.32 bits per heavy atom. The summed E-state index contributed by atoms with van der Waals surface area (Å²) >= 11 is 0. The number of nitrogens with one attached hydrogen (secondary N) is 1. The molecule has 0 amide bonds. The average Bonchev–Trinajstić information content (AvgIpc) is 3.10. The van der Waals surface area contributed by atoms with Crippen molar-refractivity contribution in [3.63, 3.8) is 0 Å². The minimum atomic E-state index is -3.30. The van der Waals surface area contributed by atoms with Crippen LogP contribution in [0, 0.1) is 0 Å². The Balaban J connectivity index is 2.14. The molecule has 0 atom stereocenters. The number of carboxylic acid groups (broad SMARTS) is 1. The molecule has 1 aliphatic rings. The van der Waals surface area contributed by atoms with Gasteiger partial charge in [-0.15, -0.1) is 0 Å². The van der Waals surface area contributed by atoms with Gasteiger partial charge in [0, 0.05) is 5.69 Å². The van der Waals surface area contributed by atoms with E-state index in [0.717, 1.165) is 5.56 Å². The lowest BCUT2D eigenvalue weighted by Crippen LogP contribution is -2.20. The quantitative estimate of drug-likeness (QED) is 0.836. The van der Waals surface area contributed by atoms with Gasteiger partial charge in [0.2, 0.25) is 10.0 Å². The van der Waals surface area contributed by atoms with Crippen molar-refractivity contribution in [2.24, 2.45) is 0 Å². The Bertz CT molecular complexity index is 573. The highest BCUT2D eigenvalue weighted by Gasteiger charge is 2.51. The second-order valence-electron chi connectivity index (χ2n) is 4.89. The van der Waals surface area contributed by atoms with Gasteiger partial charge in [0.1, 0.15) is 0 Å².